The SMILES string of the molecule is Cc1ccc(C(=O)N2CC[C@H](N(C(=O)c3ccc(C)s3)C3CC3)C2)s1. The Morgan fingerprint density at radius 2 is 1.60 bits per heavy atom. The monoisotopic (exact) mass is 374 g/mol. The number of likely N-dealkylation sites (tertiary alicyclic amines) is 1. The average molecular weight is 375 g/mol. The second-order valence-electron chi connectivity index (χ2n) is 6.96. The van der Waals surface area contributed by atoms with Crippen LogP contribution in [0.5, 0.6) is 0 Å². The molecule has 0 bridgehead atoms. The van der Waals surface area contributed by atoms with Crippen LogP contribution in [0.4, 0.5) is 0 Å². The van der Waals surface area contributed by atoms with E-state index in [-0.39, 0.29) is 17.9 Å². The highest BCUT2D eigenvalue weighted by Gasteiger charge is 2.41. The summed E-state index contributed by atoms with van der Waals surface area (Å²) >= 11 is 3.11. The minimum Gasteiger partial charge on any atom is -0.336 e. The number of rotatable bonds is 4. The van der Waals surface area contributed by atoms with Crippen molar-refractivity contribution in [2.24, 2.45) is 0 Å². The molecule has 0 aromatic carbocycles. The van der Waals surface area contributed by atoms with Crippen molar-refractivity contribution < 1.29 is 9.59 Å². The first-order chi connectivity index (χ1) is 12.0. The van der Waals surface area contributed by atoms with Crippen LogP contribution in [0, 0.1) is 13.8 Å². The topological polar surface area (TPSA) is 40.6 Å². The van der Waals surface area contributed by atoms with Gasteiger partial charge in [0.05, 0.1) is 15.8 Å². The first-order valence-corrected chi connectivity index (χ1v) is 10.4. The van der Waals surface area contributed by atoms with Gasteiger partial charge < -0.3 is 9.80 Å². The molecule has 1 aliphatic heterocycles. The maximum atomic E-state index is 13.0. The summed E-state index contributed by atoms with van der Waals surface area (Å²) in [4.78, 5) is 33.6. The van der Waals surface area contributed by atoms with E-state index in [1.54, 1.807) is 22.7 Å². The number of aryl methyl sites for hydroxylation is 2. The molecule has 2 aromatic heterocycles. The van der Waals surface area contributed by atoms with Crippen LogP contribution in [0.2, 0.25) is 0 Å². The number of thiophene rings is 2. The highest BCUT2D eigenvalue weighted by molar-refractivity contribution is 7.14. The van der Waals surface area contributed by atoms with Gasteiger partial charge in [0.25, 0.3) is 11.8 Å². The van der Waals surface area contributed by atoms with E-state index in [9.17, 15) is 9.59 Å². The van der Waals surface area contributed by atoms with Gasteiger partial charge >= 0.3 is 0 Å². The van der Waals surface area contributed by atoms with Gasteiger partial charge in [-0.25, -0.2) is 0 Å². The zero-order chi connectivity index (χ0) is 17.6. The van der Waals surface area contributed by atoms with Crippen LogP contribution in [-0.2, 0) is 0 Å². The summed E-state index contributed by atoms with van der Waals surface area (Å²) in [6.45, 7) is 5.44. The number of carbonyl (C=O) groups is 2. The van der Waals surface area contributed by atoms with Crippen LogP contribution < -0.4 is 0 Å². The lowest BCUT2D eigenvalue weighted by molar-refractivity contribution is 0.0646. The Labute approximate surface area is 156 Å². The van der Waals surface area contributed by atoms with Crippen molar-refractivity contribution in [3.8, 4) is 0 Å². The zero-order valence-corrected chi connectivity index (χ0v) is 16.2. The van der Waals surface area contributed by atoms with Gasteiger partial charge in [0, 0.05) is 28.9 Å². The molecule has 1 atom stereocenters. The normalized spacial score (nSPS) is 20.1. The van der Waals surface area contributed by atoms with Crippen LogP contribution in [0.15, 0.2) is 24.3 Å². The molecular formula is C19H22N2O2S2. The summed E-state index contributed by atoms with van der Waals surface area (Å²) < 4.78 is 0. The Kier molecular flexibility index (Phi) is 4.41. The first-order valence-electron chi connectivity index (χ1n) is 8.78. The minimum absolute atomic E-state index is 0.107. The standard InChI is InChI=1S/C19H22N2O2S2/c1-12-3-7-16(24-12)18(22)20-10-9-15(11-20)21(14-5-6-14)19(23)17-8-4-13(2)25-17/h3-4,7-8,14-15H,5-6,9-11H2,1-2H3/t15-/m0/s1. The fraction of sp³-hybridized carbons (Fsp3) is 0.474. The Morgan fingerprint density at radius 3 is 2.16 bits per heavy atom. The number of hydrogen-bond acceptors (Lipinski definition) is 4. The molecule has 0 unspecified atom stereocenters. The van der Waals surface area contributed by atoms with Crippen molar-refractivity contribution in [3.05, 3.63) is 43.8 Å². The van der Waals surface area contributed by atoms with Gasteiger partial charge in [0.1, 0.15) is 0 Å². The third-order valence-corrected chi connectivity index (χ3v) is 6.90. The lowest BCUT2D eigenvalue weighted by atomic mass is 10.2. The summed E-state index contributed by atoms with van der Waals surface area (Å²) in [6.07, 6.45) is 3.05. The van der Waals surface area contributed by atoms with Crippen LogP contribution in [-0.4, -0.2) is 46.8 Å². The Hall–Kier alpha value is -1.66. The summed E-state index contributed by atoms with van der Waals surface area (Å²) in [5.74, 6) is 0.252. The van der Waals surface area contributed by atoms with Crippen molar-refractivity contribution in [2.45, 2.75) is 45.2 Å². The molecule has 3 heterocycles. The van der Waals surface area contributed by atoms with Crippen LogP contribution >= 0.6 is 22.7 Å². The van der Waals surface area contributed by atoms with E-state index in [1.807, 2.05) is 43.0 Å². The number of amides is 2. The van der Waals surface area contributed by atoms with E-state index in [4.69, 9.17) is 0 Å². The highest BCUT2D eigenvalue weighted by Crippen LogP contribution is 2.34. The van der Waals surface area contributed by atoms with Crippen LogP contribution in [0.1, 0.15) is 48.4 Å². The number of nitrogens with zero attached hydrogens (tertiary/aromatic N) is 2. The van der Waals surface area contributed by atoms with E-state index >= 15 is 0 Å². The summed E-state index contributed by atoms with van der Waals surface area (Å²) in [5, 5.41) is 0. The lowest BCUT2D eigenvalue weighted by Gasteiger charge is -2.29. The molecular weight excluding hydrogens is 352 g/mol. The van der Waals surface area contributed by atoms with Crippen molar-refractivity contribution in [1.29, 1.82) is 0 Å². The molecule has 4 nitrogen and oxygen atoms in total. The van der Waals surface area contributed by atoms with E-state index in [0.717, 1.165) is 45.3 Å². The Balaban J connectivity index is 1.48. The van der Waals surface area contributed by atoms with E-state index in [2.05, 4.69) is 4.90 Å². The van der Waals surface area contributed by atoms with Gasteiger partial charge in [-0.2, -0.15) is 0 Å². The van der Waals surface area contributed by atoms with Gasteiger partial charge in [-0.05, 0) is 57.4 Å². The van der Waals surface area contributed by atoms with E-state index < -0.39 is 0 Å². The molecule has 132 valence electrons. The molecule has 2 fully saturated rings. The van der Waals surface area contributed by atoms with Crippen LogP contribution in [0.25, 0.3) is 0 Å². The third kappa shape index (κ3) is 3.37. The molecule has 1 saturated carbocycles. The van der Waals surface area contributed by atoms with Gasteiger partial charge in [0.2, 0.25) is 0 Å². The highest BCUT2D eigenvalue weighted by atomic mass is 32.1. The molecule has 1 aliphatic carbocycles. The van der Waals surface area contributed by atoms with Crippen molar-refractivity contribution in [3.63, 3.8) is 0 Å². The Morgan fingerprint density at radius 1 is 0.960 bits per heavy atom. The summed E-state index contributed by atoms with van der Waals surface area (Å²) in [7, 11) is 0. The summed E-state index contributed by atoms with van der Waals surface area (Å²) in [5.41, 5.74) is 0. The predicted molar refractivity (Wildman–Crippen MR) is 102 cm³/mol. The van der Waals surface area contributed by atoms with E-state index in [1.165, 1.54) is 0 Å². The molecule has 25 heavy (non-hydrogen) atoms. The van der Waals surface area contributed by atoms with Crippen LogP contribution in [0.3, 0.4) is 0 Å². The Bertz CT molecular complexity index is 806. The molecule has 0 radical (unpaired) electrons. The third-order valence-electron chi connectivity index (χ3n) is 4.92. The van der Waals surface area contributed by atoms with Gasteiger partial charge in [-0.15, -0.1) is 22.7 Å². The molecule has 0 spiro atoms. The quantitative estimate of drug-likeness (QED) is 0.813. The molecule has 2 amide bonds. The molecule has 6 heteroatoms. The molecule has 0 N–H and O–H groups in total. The fourth-order valence-corrected chi connectivity index (χ4v) is 5.17. The van der Waals surface area contributed by atoms with Crippen molar-refractivity contribution in [2.75, 3.05) is 13.1 Å². The van der Waals surface area contributed by atoms with E-state index in [0.29, 0.717) is 12.6 Å². The lowest BCUT2D eigenvalue weighted by Crippen LogP contribution is -2.43. The zero-order valence-electron chi connectivity index (χ0n) is 14.5. The minimum atomic E-state index is 0.107. The average Bonchev–Trinajstić information content (AvgIpc) is 2.99. The number of carbonyl (C=O) groups excluding carboxylic acids is 2. The second kappa shape index (κ2) is 6.57. The summed E-state index contributed by atoms with van der Waals surface area (Å²) in [6, 6.07) is 8.35. The largest absolute Gasteiger partial charge is 0.336 e. The van der Waals surface area contributed by atoms with Gasteiger partial charge in [0.15, 0.2) is 0 Å². The fourth-order valence-electron chi connectivity index (χ4n) is 3.52. The van der Waals surface area contributed by atoms with Gasteiger partial charge in [-0.1, -0.05) is 0 Å². The number of hydrogen-bond donors (Lipinski definition) is 0. The molecule has 1 saturated heterocycles. The maximum Gasteiger partial charge on any atom is 0.264 e. The first kappa shape index (κ1) is 16.8. The van der Waals surface area contributed by atoms with Crippen molar-refractivity contribution >= 4 is 34.5 Å². The molecule has 4 rings (SSSR count). The van der Waals surface area contributed by atoms with Gasteiger partial charge in [-0.3, -0.25) is 9.59 Å². The smallest absolute Gasteiger partial charge is 0.264 e. The molecule has 2 aliphatic rings. The second-order valence-corrected chi connectivity index (χ2v) is 9.53. The molecule has 2 aromatic rings. The predicted octanol–water partition coefficient (Wildman–Crippen LogP) is 3.95. The van der Waals surface area contributed by atoms with Crippen molar-refractivity contribution in [1.82, 2.24) is 9.80 Å². The maximum absolute atomic E-state index is 13.0.